The fourth-order valence-electron chi connectivity index (χ4n) is 2.43. The summed E-state index contributed by atoms with van der Waals surface area (Å²) in [7, 11) is 0. The molecule has 2 heterocycles. The Morgan fingerprint density at radius 1 is 1.62 bits per heavy atom. The average molecular weight is 223 g/mol. The number of aromatic nitrogens is 2. The number of hydrogen-bond donors (Lipinski definition) is 2. The Bertz CT molecular complexity index is 406. The van der Waals surface area contributed by atoms with E-state index in [0.717, 1.165) is 24.4 Å². The van der Waals surface area contributed by atoms with E-state index >= 15 is 0 Å². The van der Waals surface area contributed by atoms with Crippen LogP contribution in [-0.4, -0.2) is 27.4 Å². The number of hydrogen-bond acceptors (Lipinski definition) is 3. The zero-order valence-corrected chi connectivity index (χ0v) is 9.66. The van der Waals surface area contributed by atoms with Crippen LogP contribution in [0.3, 0.4) is 0 Å². The Kier molecular flexibility index (Phi) is 2.96. The highest BCUT2D eigenvalue weighted by molar-refractivity contribution is 5.66. The van der Waals surface area contributed by atoms with Crippen molar-refractivity contribution < 1.29 is 9.90 Å². The SMILES string of the molecule is Cc1nn(CC(=O)O)c(C)c1[C@@H]1CCCN1. The molecule has 1 aromatic rings. The van der Waals surface area contributed by atoms with Gasteiger partial charge in [-0.15, -0.1) is 0 Å². The molecule has 0 amide bonds. The van der Waals surface area contributed by atoms with Gasteiger partial charge < -0.3 is 10.4 Å². The summed E-state index contributed by atoms with van der Waals surface area (Å²) < 4.78 is 1.58. The second-order valence-corrected chi connectivity index (χ2v) is 4.28. The quantitative estimate of drug-likeness (QED) is 0.802. The van der Waals surface area contributed by atoms with E-state index in [2.05, 4.69) is 10.4 Å². The van der Waals surface area contributed by atoms with E-state index in [4.69, 9.17) is 5.11 Å². The highest BCUT2D eigenvalue weighted by atomic mass is 16.4. The van der Waals surface area contributed by atoms with E-state index in [-0.39, 0.29) is 6.54 Å². The van der Waals surface area contributed by atoms with Crippen molar-refractivity contribution in [2.75, 3.05) is 6.54 Å². The summed E-state index contributed by atoms with van der Waals surface area (Å²) in [4.78, 5) is 10.7. The van der Waals surface area contributed by atoms with Crippen LogP contribution in [0, 0.1) is 13.8 Å². The second-order valence-electron chi connectivity index (χ2n) is 4.28. The van der Waals surface area contributed by atoms with Gasteiger partial charge in [-0.3, -0.25) is 9.48 Å². The number of aliphatic carboxylic acids is 1. The molecule has 0 aliphatic carbocycles. The minimum atomic E-state index is -0.850. The van der Waals surface area contributed by atoms with Gasteiger partial charge in [-0.1, -0.05) is 0 Å². The van der Waals surface area contributed by atoms with Crippen LogP contribution >= 0.6 is 0 Å². The number of carboxylic acid groups (broad SMARTS) is 1. The summed E-state index contributed by atoms with van der Waals surface area (Å²) in [5.74, 6) is -0.850. The van der Waals surface area contributed by atoms with Gasteiger partial charge in [0.1, 0.15) is 6.54 Å². The van der Waals surface area contributed by atoms with Gasteiger partial charge in [0.05, 0.1) is 5.69 Å². The third-order valence-corrected chi connectivity index (χ3v) is 3.13. The van der Waals surface area contributed by atoms with Crippen molar-refractivity contribution >= 4 is 5.97 Å². The molecule has 0 bridgehead atoms. The first-order chi connectivity index (χ1) is 7.59. The van der Waals surface area contributed by atoms with Crippen molar-refractivity contribution in [2.45, 2.75) is 39.3 Å². The predicted molar refractivity (Wildman–Crippen MR) is 59.3 cm³/mol. The molecule has 0 saturated carbocycles. The van der Waals surface area contributed by atoms with Crippen molar-refractivity contribution in [3.63, 3.8) is 0 Å². The molecule has 5 heteroatoms. The van der Waals surface area contributed by atoms with Crippen LogP contribution in [0.25, 0.3) is 0 Å². The van der Waals surface area contributed by atoms with Crippen molar-refractivity contribution in [3.05, 3.63) is 17.0 Å². The summed E-state index contributed by atoms with van der Waals surface area (Å²) in [6.07, 6.45) is 2.29. The molecule has 0 spiro atoms. The van der Waals surface area contributed by atoms with Gasteiger partial charge in [-0.2, -0.15) is 5.10 Å². The zero-order valence-electron chi connectivity index (χ0n) is 9.66. The van der Waals surface area contributed by atoms with Gasteiger partial charge in [-0.25, -0.2) is 0 Å². The summed E-state index contributed by atoms with van der Waals surface area (Å²) in [6.45, 7) is 4.87. The molecule has 88 valence electrons. The van der Waals surface area contributed by atoms with Gasteiger partial charge in [0.15, 0.2) is 0 Å². The highest BCUT2D eigenvalue weighted by Gasteiger charge is 2.23. The van der Waals surface area contributed by atoms with Crippen LogP contribution in [0.2, 0.25) is 0 Å². The third kappa shape index (κ3) is 1.95. The minimum Gasteiger partial charge on any atom is -0.480 e. The molecular formula is C11H17N3O2. The molecule has 0 unspecified atom stereocenters. The second kappa shape index (κ2) is 4.25. The Labute approximate surface area is 94.5 Å². The molecule has 5 nitrogen and oxygen atoms in total. The van der Waals surface area contributed by atoms with E-state index < -0.39 is 5.97 Å². The van der Waals surface area contributed by atoms with Gasteiger partial charge >= 0.3 is 5.97 Å². The standard InChI is InChI=1S/C11H17N3O2/c1-7-11(9-4-3-5-12-9)8(2)14(13-7)6-10(15)16/h9,12H,3-6H2,1-2H3,(H,15,16)/t9-/m0/s1. The maximum Gasteiger partial charge on any atom is 0.325 e. The van der Waals surface area contributed by atoms with Crippen LogP contribution in [0.5, 0.6) is 0 Å². The lowest BCUT2D eigenvalue weighted by molar-refractivity contribution is -0.137. The average Bonchev–Trinajstić information content (AvgIpc) is 2.76. The molecule has 0 aromatic carbocycles. The first-order valence-electron chi connectivity index (χ1n) is 5.58. The minimum absolute atomic E-state index is 0.0562. The number of nitrogens with one attached hydrogen (secondary N) is 1. The Morgan fingerprint density at radius 2 is 2.38 bits per heavy atom. The summed E-state index contributed by atoms with van der Waals surface area (Å²) in [5, 5.41) is 16.5. The molecule has 1 fully saturated rings. The van der Waals surface area contributed by atoms with Gasteiger partial charge in [-0.05, 0) is 33.2 Å². The van der Waals surface area contributed by atoms with E-state index in [1.165, 1.54) is 12.0 Å². The van der Waals surface area contributed by atoms with Crippen LogP contribution in [0.4, 0.5) is 0 Å². The van der Waals surface area contributed by atoms with E-state index in [0.29, 0.717) is 6.04 Å². The predicted octanol–water partition coefficient (Wildman–Crippen LogP) is 1.01. The first-order valence-corrected chi connectivity index (χ1v) is 5.58. The molecule has 2 rings (SSSR count). The lowest BCUT2D eigenvalue weighted by Gasteiger charge is -2.10. The van der Waals surface area contributed by atoms with Crippen molar-refractivity contribution in [3.8, 4) is 0 Å². The molecule has 16 heavy (non-hydrogen) atoms. The van der Waals surface area contributed by atoms with Crippen LogP contribution in [0.1, 0.15) is 35.8 Å². The molecule has 1 saturated heterocycles. The van der Waals surface area contributed by atoms with Crippen LogP contribution in [0.15, 0.2) is 0 Å². The van der Waals surface area contributed by atoms with Crippen molar-refractivity contribution in [1.29, 1.82) is 0 Å². The van der Waals surface area contributed by atoms with Gasteiger partial charge in [0.2, 0.25) is 0 Å². The zero-order chi connectivity index (χ0) is 11.7. The normalized spacial score (nSPS) is 20.2. The Hall–Kier alpha value is -1.36. The maximum absolute atomic E-state index is 10.7. The maximum atomic E-state index is 10.7. The molecule has 1 atom stereocenters. The fraction of sp³-hybridized carbons (Fsp3) is 0.636. The first kappa shape index (κ1) is 11.1. The molecule has 2 N–H and O–H groups in total. The van der Waals surface area contributed by atoms with E-state index in [1.807, 2.05) is 13.8 Å². The molecule has 0 radical (unpaired) electrons. The van der Waals surface area contributed by atoms with E-state index in [1.54, 1.807) is 4.68 Å². The lowest BCUT2D eigenvalue weighted by atomic mass is 10.0. The molecule has 1 aliphatic rings. The number of nitrogens with zero attached hydrogens (tertiary/aromatic N) is 2. The summed E-state index contributed by atoms with van der Waals surface area (Å²) in [6, 6.07) is 0.350. The number of aryl methyl sites for hydroxylation is 1. The molecule has 1 aliphatic heterocycles. The van der Waals surface area contributed by atoms with Crippen LogP contribution in [-0.2, 0) is 11.3 Å². The number of carbonyl (C=O) groups is 1. The monoisotopic (exact) mass is 223 g/mol. The topological polar surface area (TPSA) is 67.2 Å². The number of carboxylic acids is 1. The molecule has 1 aromatic heterocycles. The Balaban J connectivity index is 2.30. The lowest BCUT2D eigenvalue weighted by Crippen LogP contribution is -2.15. The summed E-state index contributed by atoms with van der Waals surface area (Å²) >= 11 is 0. The molecular weight excluding hydrogens is 206 g/mol. The highest BCUT2D eigenvalue weighted by Crippen LogP contribution is 2.28. The summed E-state index contributed by atoms with van der Waals surface area (Å²) in [5.41, 5.74) is 3.09. The van der Waals surface area contributed by atoms with Gasteiger partial charge in [0.25, 0.3) is 0 Å². The van der Waals surface area contributed by atoms with Gasteiger partial charge in [0, 0.05) is 17.3 Å². The third-order valence-electron chi connectivity index (χ3n) is 3.13. The number of rotatable bonds is 3. The largest absolute Gasteiger partial charge is 0.480 e. The van der Waals surface area contributed by atoms with Crippen molar-refractivity contribution in [1.82, 2.24) is 15.1 Å². The van der Waals surface area contributed by atoms with Crippen LogP contribution < -0.4 is 5.32 Å². The Morgan fingerprint density at radius 3 is 2.94 bits per heavy atom. The fourth-order valence-corrected chi connectivity index (χ4v) is 2.43. The van der Waals surface area contributed by atoms with E-state index in [9.17, 15) is 4.79 Å². The smallest absolute Gasteiger partial charge is 0.325 e. The van der Waals surface area contributed by atoms with Crippen molar-refractivity contribution in [2.24, 2.45) is 0 Å².